The molecule has 0 bridgehead atoms. The number of carbonyl (C=O) groups excluding carboxylic acids is 1. The normalized spacial score (nSPS) is 17.2. The number of unbranched alkanes of at least 4 members (excludes halogenated alkanes) is 11. The minimum atomic E-state index is -0.449. The van der Waals surface area contributed by atoms with Crippen molar-refractivity contribution in [2.75, 3.05) is 0 Å². The quantitative estimate of drug-likeness (QED) is 0.276. The Morgan fingerprint density at radius 3 is 1.68 bits per heavy atom. The van der Waals surface area contributed by atoms with Crippen LogP contribution in [0.4, 0.5) is 0 Å². The highest BCUT2D eigenvalue weighted by molar-refractivity contribution is 5.82. The maximum Gasteiger partial charge on any atom is 0.311 e. The summed E-state index contributed by atoms with van der Waals surface area (Å²) in [5.74, 6) is -0.192. The van der Waals surface area contributed by atoms with Gasteiger partial charge in [-0.25, -0.2) is 0 Å². The van der Waals surface area contributed by atoms with E-state index in [4.69, 9.17) is 4.84 Å². The highest BCUT2D eigenvalue weighted by Gasteiger charge is 2.44. The van der Waals surface area contributed by atoms with Gasteiger partial charge in [0.05, 0.1) is 0 Å². The van der Waals surface area contributed by atoms with Crippen molar-refractivity contribution in [1.82, 2.24) is 0 Å². The van der Waals surface area contributed by atoms with Crippen LogP contribution < -0.4 is 0 Å². The van der Waals surface area contributed by atoms with Gasteiger partial charge in [-0.2, -0.15) is 0 Å². The summed E-state index contributed by atoms with van der Waals surface area (Å²) < 4.78 is 0. The Labute approximate surface area is 155 Å². The molecule has 0 aromatic carbocycles. The zero-order valence-electron chi connectivity index (χ0n) is 16.9. The van der Waals surface area contributed by atoms with E-state index in [1.54, 1.807) is 0 Å². The van der Waals surface area contributed by atoms with E-state index in [9.17, 15) is 4.79 Å². The Kier molecular flexibility index (Phi) is 11.8. The van der Waals surface area contributed by atoms with Gasteiger partial charge in [0.15, 0.2) is 0 Å². The Morgan fingerprint density at radius 2 is 1.28 bits per heavy atom. The van der Waals surface area contributed by atoms with Crippen LogP contribution in [0.5, 0.6) is 0 Å². The van der Waals surface area contributed by atoms with Gasteiger partial charge in [-0.15, -0.1) is 0 Å². The molecule has 1 heterocycles. The Balaban J connectivity index is 2.06. The van der Waals surface area contributed by atoms with Gasteiger partial charge in [0, 0.05) is 10.7 Å². The van der Waals surface area contributed by atoms with E-state index in [0.717, 1.165) is 19.3 Å². The number of hydrogen-bond acceptors (Lipinski definition) is 3. The molecule has 0 radical (unpaired) electrons. The van der Waals surface area contributed by atoms with E-state index in [1.165, 1.54) is 77.0 Å². The molecule has 1 aliphatic rings. The molecule has 0 aliphatic carbocycles. The summed E-state index contributed by atoms with van der Waals surface area (Å²) >= 11 is 0. The predicted octanol–water partition coefficient (Wildman–Crippen LogP) is 7.18. The smallest absolute Gasteiger partial charge is 0.311 e. The zero-order valence-corrected chi connectivity index (χ0v) is 16.9. The first-order chi connectivity index (χ1) is 12.2. The van der Waals surface area contributed by atoms with Crippen LogP contribution in [0.3, 0.4) is 0 Å². The molecule has 0 saturated heterocycles. The summed E-state index contributed by atoms with van der Waals surface area (Å²) in [6.07, 6.45) is 18.8. The van der Waals surface area contributed by atoms with Crippen LogP contribution in [0.1, 0.15) is 117 Å². The molecule has 1 atom stereocenters. The van der Waals surface area contributed by atoms with Crippen LogP contribution in [0.25, 0.3) is 0 Å². The number of amides is 1. The molecule has 146 valence electrons. The zero-order chi connectivity index (χ0) is 18.4. The van der Waals surface area contributed by atoms with Gasteiger partial charge in [-0.05, 0) is 19.3 Å². The molecule has 0 spiro atoms. The molecule has 4 nitrogen and oxygen atoms in total. The van der Waals surface area contributed by atoms with E-state index in [0.29, 0.717) is 0 Å². The molecule has 1 aliphatic heterocycles. The molecule has 1 amide bonds. The molecular formula is C21H40N2O2. The Hall–Kier alpha value is -0.930. The number of carbonyl (C=O) groups is 1. The van der Waals surface area contributed by atoms with E-state index in [2.05, 4.69) is 31.2 Å². The van der Waals surface area contributed by atoms with Crippen molar-refractivity contribution in [3.05, 3.63) is 0 Å². The van der Waals surface area contributed by atoms with Gasteiger partial charge in [-0.1, -0.05) is 103 Å². The minimum Gasteiger partial charge on any atom is -0.365 e. The lowest BCUT2D eigenvalue weighted by atomic mass is 9.73. The van der Waals surface area contributed by atoms with Crippen LogP contribution in [0.15, 0.2) is 10.4 Å². The van der Waals surface area contributed by atoms with Gasteiger partial charge in [-0.3, -0.25) is 4.79 Å². The number of rotatable bonds is 16. The molecular weight excluding hydrogens is 312 g/mol. The fourth-order valence-corrected chi connectivity index (χ4v) is 4.01. The molecule has 0 aromatic heterocycles. The molecule has 0 N–H and O–H groups in total. The Morgan fingerprint density at radius 1 is 0.800 bits per heavy atom. The van der Waals surface area contributed by atoms with Gasteiger partial charge in [0.1, 0.15) is 0 Å². The maximum absolute atomic E-state index is 11.9. The second-order valence-electron chi connectivity index (χ2n) is 7.71. The third-order valence-electron chi connectivity index (χ3n) is 6.01. The molecule has 25 heavy (non-hydrogen) atoms. The summed E-state index contributed by atoms with van der Waals surface area (Å²) in [7, 11) is 0. The summed E-state index contributed by atoms with van der Waals surface area (Å²) in [4.78, 5) is 17.2. The first kappa shape index (κ1) is 22.1. The van der Waals surface area contributed by atoms with E-state index in [-0.39, 0.29) is 11.3 Å². The summed E-state index contributed by atoms with van der Waals surface area (Å²) in [5.41, 5.74) is -0.0843. The highest BCUT2D eigenvalue weighted by Crippen LogP contribution is 2.40. The lowest BCUT2D eigenvalue weighted by Crippen LogP contribution is -2.38. The molecule has 1 rings (SSSR count). The fourth-order valence-electron chi connectivity index (χ4n) is 4.01. The monoisotopic (exact) mass is 352 g/mol. The average Bonchev–Trinajstić information content (AvgIpc) is 3.06. The first-order valence-corrected chi connectivity index (χ1v) is 10.8. The van der Waals surface area contributed by atoms with Crippen molar-refractivity contribution in [3.63, 3.8) is 0 Å². The lowest BCUT2D eigenvalue weighted by molar-refractivity contribution is -0.132. The van der Waals surface area contributed by atoms with Crippen LogP contribution in [0, 0.1) is 5.41 Å². The molecule has 0 aromatic rings. The van der Waals surface area contributed by atoms with Crippen molar-refractivity contribution >= 4 is 5.91 Å². The summed E-state index contributed by atoms with van der Waals surface area (Å²) in [5, 5.41) is 7.05. The first-order valence-electron chi connectivity index (χ1n) is 10.8. The molecule has 0 saturated carbocycles. The highest BCUT2D eigenvalue weighted by atomic mass is 16.7. The van der Waals surface area contributed by atoms with Crippen molar-refractivity contribution in [1.29, 1.82) is 0 Å². The van der Waals surface area contributed by atoms with Crippen molar-refractivity contribution in [2.45, 2.75) is 123 Å². The summed E-state index contributed by atoms with van der Waals surface area (Å²) in [6, 6.07) is 0. The Bertz CT molecular complexity index is 378. The number of hydrogen-bond donors (Lipinski definition) is 0. The third kappa shape index (κ3) is 7.87. The molecule has 4 heteroatoms. The van der Waals surface area contributed by atoms with Crippen LogP contribution in [0.2, 0.25) is 0 Å². The van der Waals surface area contributed by atoms with Crippen LogP contribution in [-0.4, -0.2) is 12.0 Å². The second-order valence-corrected chi connectivity index (χ2v) is 7.71. The number of nitrogens with zero attached hydrogens (tertiary/aromatic N) is 2. The van der Waals surface area contributed by atoms with Gasteiger partial charge < -0.3 is 4.84 Å². The molecule has 1 unspecified atom stereocenters. The fraction of sp³-hybridized carbons (Fsp3) is 0.952. The van der Waals surface area contributed by atoms with E-state index >= 15 is 0 Å². The topological polar surface area (TPSA) is 51.0 Å². The van der Waals surface area contributed by atoms with E-state index in [1.807, 2.05) is 0 Å². The lowest BCUT2D eigenvalue weighted by Gasteiger charge is -2.33. The van der Waals surface area contributed by atoms with Crippen LogP contribution in [-0.2, 0) is 9.63 Å². The van der Waals surface area contributed by atoms with Gasteiger partial charge >= 0.3 is 5.91 Å². The summed E-state index contributed by atoms with van der Waals surface area (Å²) in [6.45, 7) is 6.58. The third-order valence-corrected chi connectivity index (χ3v) is 6.01. The van der Waals surface area contributed by atoms with Gasteiger partial charge in [0.25, 0.3) is 0 Å². The predicted molar refractivity (Wildman–Crippen MR) is 103 cm³/mol. The van der Waals surface area contributed by atoms with Crippen molar-refractivity contribution in [2.24, 2.45) is 15.8 Å². The largest absolute Gasteiger partial charge is 0.365 e. The molecule has 0 fully saturated rings. The SMILES string of the molecule is CCCCCCCCCCCCCCC(CC)(CC)C1ON=NC1=O. The van der Waals surface area contributed by atoms with Gasteiger partial charge in [0.2, 0.25) is 6.10 Å². The van der Waals surface area contributed by atoms with Crippen molar-refractivity contribution in [3.8, 4) is 0 Å². The van der Waals surface area contributed by atoms with Crippen molar-refractivity contribution < 1.29 is 9.63 Å². The second kappa shape index (κ2) is 13.3. The standard InChI is InChI=1S/C21H40N2O2/c1-4-7-8-9-10-11-12-13-14-15-16-17-18-21(5-2,6-3)19-20(24)22-23-25-19/h19H,4-18H2,1-3H3. The van der Waals surface area contributed by atoms with E-state index < -0.39 is 6.10 Å². The average molecular weight is 353 g/mol. The minimum absolute atomic E-state index is 0.0843. The van der Waals surface area contributed by atoms with Crippen LogP contribution >= 0.6 is 0 Å². The maximum atomic E-state index is 11.9.